The number of tetrazole rings is 1. The largest absolute Gasteiger partial charge is 0.519 e. The molecule has 0 saturated carbocycles. The Balaban J connectivity index is 1.40. The molecule has 5 aromatic rings. The Kier molecular flexibility index (Phi) is 11.7. The second kappa shape index (κ2) is 16.2. The standard InChI is InChI=1S/C35H40N8O11/c1-6-9-28-36-30(35(4,5)46)29(41(28)18-21-12-14-22(15-13-21)24-10-7-8-11-25(24)31-37-39-40-38-31)32(44)51-20-27-26(53-33(45)54-27)17-34(2,3)16-23(42(47)48)19-52-43(49)50/h7-8,10-15,23,46H,6,9,16-20H2,1-5H3,(H,37,38,39,40)/t23-/m1/s1. The highest BCUT2D eigenvalue weighted by Gasteiger charge is 2.35. The van der Waals surface area contributed by atoms with E-state index >= 15 is 0 Å². The number of benzene rings is 2. The van der Waals surface area contributed by atoms with Crippen LogP contribution >= 0.6 is 0 Å². The fourth-order valence-corrected chi connectivity index (χ4v) is 6.16. The van der Waals surface area contributed by atoms with Crippen LogP contribution in [0.2, 0.25) is 0 Å². The van der Waals surface area contributed by atoms with E-state index in [1.54, 1.807) is 18.4 Å². The molecule has 54 heavy (non-hydrogen) atoms. The molecule has 0 aliphatic heterocycles. The lowest BCUT2D eigenvalue weighted by Gasteiger charge is -2.24. The van der Waals surface area contributed by atoms with E-state index < -0.39 is 52.1 Å². The SMILES string of the molecule is CCCc1nc(C(C)(C)O)c(C(=O)OCc2oc(=O)oc2CC(C)(C)C[C@H](CO[N+](=O)[O-])[N+](=O)[O-])n1Cc1ccc(-c2ccccc2-c2nn[nH]n2)cc1. The number of esters is 1. The topological polar surface area (TPSA) is 258 Å². The van der Waals surface area contributed by atoms with Crippen LogP contribution in [-0.4, -0.2) is 63.9 Å². The quantitative estimate of drug-likeness (QED) is 0.0701. The van der Waals surface area contributed by atoms with Gasteiger partial charge in [-0.1, -0.05) is 69.3 Å². The minimum absolute atomic E-state index is 0.00446. The summed E-state index contributed by atoms with van der Waals surface area (Å²) in [6, 6.07) is 13.9. The third kappa shape index (κ3) is 9.40. The lowest BCUT2D eigenvalue weighted by atomic mass is 9.81. The molecule has 5 rings (SSSR count). The number of carbonyl (C=O) groups is 1. The number of hydrogen-bond acceptors (Lipinski definition) is 15. The van der Waals surface area contributed by atoms with Crippen LogP contribution in [0, 0.1) is 25.6 Å². The minimum atomic E-state index is -1.55. The lowest BCUT2D eigenvalue weighted by molar-refractivity contribution is -0.765. The maximum atomic E-state index is 13.9. The molecular formula is C35H40N8O11. The van der Waals surface area contributed by atoms with Crippen molar-refractivity contribution in [1.29, 1.82) is 0 Å². The zero-order valence-corrected chi connectivity index (χ0v) is 30.3. The maximum Gasteiger partial charge on any atom is 0.519 e. The van der Waals surface area contributed by atoms with E-state index in [9.17, 15) is 34.9 Å². The first-order valence-corrected chi connectivity index (χ1v) is 17.0. The summed E-state index contributed by atoms with van der Waals surface area (Å²) in [5.74, 6) is -1.07. The molecule has 19 heteroatoms. The third-order valence-corrected chi connectivity index (χ3v) is 8.57. The van der Waals surface area contributed by atoms with Gasteiger partial charge in [-0.3, -0.25) is 10.1 Å². The second-order valence-corrected chi connectivity index (χ2v) is 14.0. The summed E-state index contributed by atoms with van der Waals surface area (Å²) in [4.78, 5) is 56.5. The van der Waals surface area contributed by atoms with Crippen LogP contribution < -0.4 is 5.82 Å². The average Bonchev–Trinajstić information content (AvgIpc) is 3.85. The number of nitrogens with one attached hydrogen (secondary N) is 1. The molecule has 286 valence electrons. The molecule has 2 N–H and O–H groups in total. The summed E-state index contributed by atoms with van der Waals surface area (Å²) in [7, 11) is 0. The number of aliphatic hydroxyl groups is 1. The van der Waals surface area contributed by atoms with Crippen molar-refractivity contribution in [2.45, 2.75) is 85.1 Å². The van der Waals surface area contributed by atoms with Crippen LogP contribution in [0.3, 0.4) is 0 Å². The normalized spacial score (nSPS) is 12.4. The first kappa shape index (κ1) is 39.0. The number of imidazole rings is 1. The Morgan fingerprint density at radius 1 is 1.04 bits per heavy atom. The van der Waals surface area contributed by atoms with E-state index in [0.29, 0.717) is 24.5 Å². The van der Waals surface area contributed by atoms with Crippen LogP contribution in [0.4, 0.5) is 0 Å². The Hall–Kier alpha value is -6.24. The molecule has 0 aliphatic carbocycles. The Labute approximate surface area is 307 Å². The Bertz CT molecular complexity index is 2150. The molecule has 0 saturated heterocycles. The molecule has 3 heterocycles. The molecule has 3 aromatic heterocycles. The van der Waals surface area contributed by atoms with Crippen molar-refractivity contribution < 1.29 is 38.3 Å². The van der Waals surface area contributed by atoms with Crippen LogP contribution in [0.1, 0.15) is 86.6 Å². The fourth-order valence-electron chi connectivity index (χ4n) is 6.16. The lowest BCUT2D eigenvalue weighted by Crippen LogP contribution is -2.33. The maximum absolute atomic E-state index is 13.9. The minimum Gasteiger partial charge on any atom is -0.453 e. The van der Waals surface area contributed by atoms with Crippen LogP contribution in [0.25, 0.3) is 22.5 Å². The number of ether oxygens (including phenoxy) is 1. The monoisotopic (exact) mass is 748 g/mol. The first-order valence-electron chi connectivity index (χ1n) is 17.0. The molecule has 1 atom stereocenters. The predicted octanol–water partition coefficient (Wildman–Crippen LogP) is 4.67. The number of aryl methyl sites for hydroxylation is 1. The van der Waals surface area contributed by atoms with E-state index in [-0.39, 0.29) is 42.3 Å². The number of aromatic amines is 1. The van der Waals surface area contributed by atoms with Crippen molar-refractivity contribution in [2.24, 2.45) is 5.41 Å². The van der Waals surface area contributed by atoms with E-state index in [0.717, 1.165) is 22.3 Å². The molecule has 2 aromatic carbocycles. The van der Waals surface area contributed by atoms with Crippen molar-refractivity contribution in [3.63, 3.8) is 0 Å². The highest BCUT2D eigenvalue weighted by molar-refractivity contribution is 5.89. The molecule has 0 radical (unpaired) electrons. The van der Waals surface area contributed by atoms with Gasteiger partial charge in [0.1, 0.15) is 17.1 Å². The van der Waals surface area contributed by atoms with E-state index in [4.69, 9.17) is 13.6 Å². The highest BCUT2D eigenvalue weighted by Crippen LogP contribution is 2.33. The van der Waals surface area contributed by atoms with E-state index in [1.165, 1.54) is 13.8 Å². The number of carbonyl (C=O) groups excluding carboxylic acids is 1. The molecule has 0 bridgehead atoms. The average molecular weight is 749 g/mol. The van der Waals surface area contributed by atoms with Gasteiger partial charge in [-0.2, -0.15) is 5.21 Å². The zero-order valence-electron chi connectivity index (χ0n) is 30.3. The summed E-state index contributed by atoms with van der Waals surface area (Å²) in [5.41, 5.74) is 1.02. The highest BCUT2D eigenvalue weighted by atomic mass is 17.0. The number of hydrogen-bond donors (Lipinski definition) is 2. The molecule has 0 amide bonds. The molecule has 0 fully saturated rings. The molecule has 0 unspecified atom stereocenters. The molecule has 19 nitrogen and oxygen atoms in total. The van der Waals surface area contributed by atoms with Crippen LogP contribution in [-0.2, 0) is 41.2 Å². The molecule has 0 spiro atoms. The zero-order chi connectivity index (χ0) is 39.2. The van der Waals surface area contributed by atoms with Gasteiger partial charge in [0.25, 0.3) is 5.09 Å². The summed E-state index contributed by atoms with van der Waals surface area (Å²) in [6.07, 6.45) is 0.928. The number of nitrogens with zero attached hydrogens (tertiary/aromatic N) is 7. The Morgan fingerprint density at radius 2 is 1.72 bits per heavy atom. The third-order valence-electron chi connectivity index (χ3n) is 8.57. The first-order chi connectivity index (χ1) is 25.6. The fraction of sp³-hybridized carbons (Fsp3) is 0.429. The van der Waals surface area contributed by atoms with Crippen molar-refractivity contribution >= 4 is 5.97 Å². The van der Waals surface area contributed by atoms with Gasteiger partial charge >= 0.3 is 11.8 Å². The predicted molar refractivity (Wildman–Crippen MR) is 188 cm³/mol. The van der Waals surface area contributed by atoms with Gasteiger partial charge in [0, 0.05) is 36.3 Å². The number of aromatic nitrogens is 6. The summed E-state index contributed by atoms with van der Waals surface area (Å²) in [5, 5.41) is 46.6. The van der Waals surface area contributed by atoms with Gasteiger partial charge in [-0.15, -0.1) is 20.3 Å². The number of nitro groups is 1. The summed E-state index contributed by atoms with van der Waals surface area (Å²) in [6.45, 7) is 7.14. The van der Waals surface area contributed by atoms with Gasteiger partial charge in [0.2, 0.25) is 11.9 Å². The summed E-state index contributed by atoms with van der Waals surface area (Å²) >= 11 is 0. The second-order valence-electron chi connectivity index (χ2n) is 14.0. The Morgan fingerprint density at radius 3 is 2.33 bits per heavy atom. The van der Waals surface area contributed by atoms with Gasteiger partial charge in [0.15, 0.2) is 30.4 Å². The van der Waals surface area contributed by atoms with Gasteiger partial charge < -0.3 is 28.1 Å². The number of rotatable bonds is 18. The molecule has 0 aliphatic rings. The van der Waals surface area contributed by atoms with Crippen molar-refractivity contribution in [3.05, 3.63) is 114 Å². The summed E-state index contributed by atoms with van der Waals surface area (Å²) < 4.78 is 17.8. The number of H-pyrrole nitrogens is 1. The van der Waals surface area contributed by atoms with E-state index in [2.05, 4.69) is 30.4 Å². The smallest absolute Gasteiger partial charge is 0.453 e. The van der Waals surface area contributed by atoms with E-state index in [1.807, 2.05) is 55.5 Å². The van der Waals surface area contributed by atoms with Gasteiger partial charge in [0.05, 0.1) is 0 Å². The van der Waals surface area contributed by atoms with Crippen molar-refractivity contribution in [3.8, 4) is 22.5 Å². The van der Waals surface area contributed by atoms with Crippen molar-refractivity contribution in [1.82, 2.24) is 30.2 Å². The van der Waals surface area contributed by atoms with Crippen molar-refractivity contribution in [2.75, 3.05) is 6.61 Å². The molecular weight excluding hydrogens is 708 g/mol. The van der Waals surface area contributed by atoms with Crippen LogP contribution in [0.5, 0.6) is 0 Å². The van der Waals surface area contributed by atoms with Gasteiger partial charge in [-0.05, 0) is 47.6 Å². The van der Waals surface area contributed by atoms with Gasteiger partial charge in [-0.25, -0.2) is 14.6 Å². The van der Waals surface area contributed by atoms with Crippen LogP contribution in [0.15, 0.2) is 62.2 Å².